The van der Waals surface area contributed by atoms with Crippen molar-refractivity contribution < 1.29 is 0 Å². The van der Waals surface area contributed by atoms with Crippen LogP contribution < -0.4 is 11.0 Å². The van der Waals surface area contributed by atoms with Gasteiger partial charge in [0.25, 0.3) is 0 Å². The molecule has 0 bridgehead atoms. The predicted octanol–water partition coefficient (Wildman–Crippen LogP) is 1.08. The summed E-state index contributed by atoms with van der Waals surface area (Å²) in [5.41, 5.74) is 0.874. The van der Waals surface area contributed by atoms with E-state index in [1.165, 1.54) is 25.7 Å². The van der Waals surface area contributed by atoms with E-state index in [1.54, 1.807) is 10.8 Å². The molecule has 4 nitrogen and oxygen atoms in total. The minimum Gasteiger partial charge on any atom is -0.312 e. The van der Waals surface area contributed by atoms with Crippen LogP contribution in [-0.4, -0.2) is 22.1 Å². The molecule has 1 fully saturated rings. The SMILES string of the molecule is Cc1cnc(=O)n(CCNC2CCCC2)c1. The number of nitrogens with one attached hydrogen (secondary N) is 1. The summed E-state index contributed by atoms with van der Waals surface area (Å²) in [6.45, 7) is 3.52. The third-order valence-electron chi connectivity index (χ3n) is 3.12. The lowest BCUT2D eigenvalue weighted by atomic mass is 10.2. The van der Waals surface area contributed by atoms with Crippen LogP contribution in [0, 0.1) is 6.92 Å². The molecule has 0 radical (unpaired) electrons. The highest BCUT2D eigenvalue weighted by molar-refractivity contribution is 4.99. The van der Waals surface area contributed by atoms with Crippen molar-refractivity contribution in [3.63, 3.8) is 0 Å². The number of nitrogens with zero attached hydrogens (tertiary/aromatic N) is 2. The smallest absolute Gasteiger partial charge is 0.312 e. The van der Waals surface area contributed by atoms with E-state index in [0.717, 1.165) is 12.1 Å². The van der Waals surface area contributed by atoms with Crippen LogP contribution in [0.4, 0.5) is 0 Å². The Morgan fingerprint density at radius 1 is 1.50 bits per heavy atom. The minimum atomic E-state index is -0.154. The van der Waals surface area contributed by atoms with Gasteiger partial charge in [0.1, 0.15) is 0 Å². The maximum atomic E-state index is 11.4. The first-order valence-electron chi connectivity index (χ1n) is 6.02. The largest absolute Gasteiger partial charge is 0.347 e. The van der Waals surface area contributed by atoms with Gasteiger partial charge < -0.3 is 5.32 Å². The minimum absolute atomic E-state index is 0.154. The highest BCUT2D eigenvalue weighted by Gasteiger charge is 2.13. The van der Waals surface area contributed by atoms with Gasteiger partial charge in [0.05, 0.1) is 0 Å². The first-order chi connectivity index (χ1) is 7.75. The molecule has 2 rings (SSSR count). The van der Waals surface area contributed by atoms with E-state index in [2.05, 4.69) is 10.3 Å². The van der Waals surface area contributed by atoms with Crippen molar-refractivity contribution in [1.29, 1.82) is 0 Å². The van der Waals surface area contributed by atoms with Crippen LogP contribution in [0.3, 0.4) is 0 Å². The van der Waals surface area contributed by atoms with Crippen molar-refractivity contribution >= 4 is 0 Å². The maximum absolute atomic E-state index is 11.4. The summed E-state index contributed by atoms with van der Waals surface area (Å²) < 4.78 is 1.68. The summed E-state index contributed by atoms with van der Waals surface area (Å²) in [5.74, 6) is 0. The molecule has 1 N–H and O–H groups in total. The fourth-order valence-corrected chi connectivity index (χ4v) is 2.24. The molecule has 0 aliphatic heterocycles. The summed E-state index contributed by atoms with van der Waals surface area (Å²) in [4.78, 5) is 15.2. The molecular weight excluding hydrogens is 202 g/mol. The Balaban J connectivity index is 1.84. The molecule has 1 aliphatic carbocycles. The van der Waals surface area contributed by atoms with Gasteiger partial charge in [-0.2, -0.15) is 0 Å². The molecule has 0 aromatic carbocycles. The molecule has 0 unspecified atom stereocenters. The normalized spacial score (nSPS) is 16.8. The van der Waals surface area contributed by atoms with Crippen LogP contribution in [0.25, 0.3) is 0 Å². The zero-order chi connectivity index (χ0) is 11.4. The lowest BCUT2D eigenvalue weighted by molar-refractivity contribution is 0.489. The van der Waals surface area contributed by atoms with Crippen LogP contribution in [0.2, 0.25) is 0 Å². The lowest BCUT2D eigenvalue weighted by Gasteiger charge is -2.12. The zero-order valence-corrected chi connectivity index (χ0v) is 9.78. The van der Waals surface area contributed by atoms with Crippen LogP contribution in [-0.2, 0) is 6.54 Å². The molecule has 1 heterocycles. The van der Waals surface area contributed by atoms with Crippen molar-refractivity contribution in [2.75, 3.05) is 6.54 Å². The molecule has 1 aromatic rings. The summed E-state index contributed by atoms with van der Waals surface area (Å²) in [6, 6.07) is 0.661. The van der Waals surface area contributed by atoms with Gasteiger partial charge >= 0.3 is 5.69 Å². The van der Waals surface area contributed by atoms with Crippen molar-refractivity contribution in [1.82, 2.24) is 14.9 Å². The average Bonchev–Trinajstić information content (AvgIpc) is 2.76. The van der Waals surface area contributed by atoms with Gasteiger partial charge in [-0.15, -0.1) is 0 Å². The van der Waals surface area contributed by atoms with Gasteiger partial charge in [-0.05, 0) is 25.3 Å². The average molecular weight is 221 g/mol. The Bertz CT molecular complexity index is 393. The number of aryl methyl sites for hydroxylation is 1. The molecule has 88 valence electrons. The van der Waals surface area contributed by atoms with Gasteiger partial charge in [0.15, 0.2) is 0 Å². The Morgan fingerprint density at radius 3 is 3.00 bits per heavy atom. The highest BCUT2D eigenvalue weighted by Crippen LogP contribution is 2.17. The van der Waals surface area contributed by atoms with Crippen LogP contribution in [0.5, 0.6) is 0 Å². The van der Waals surface area contributed by atoms with E-state index in [9.17, 15) is 4.79 Å². The number of hydrogen-bond acceptors (Lipinski definition) is 3. The first-order valence-corrected chi connectivity index (χ1v) is 6.02. The summed E-state index contributed by atoms with van der Waals surface area (Å²) in [7, 11) is 0. The third kappa shape index (κ3) is 2.92. The number of hydrogen-bond donors (Lipinski definition) is 1. The predicted molar refractivity (Wildman–Crippen MR) is 63.5 cm³/mol. The molecule has 1 saturated carbocycles. The maximum Gasteiger partial charge on any atom is 0.347 e. The fourth-order valence-electron chi connectivity index (χ4n) is 2.24. The lowest BCUT2D eigenvalue weighted by Crippen LogP contribution is -2.32. The Hall–Kier alpha value is -1.16. The quantitative estimate of drug-likeness (QED) is 0.827. The molecule has 1 aromatic heterocycles. The second kappa shape index (κ2) is 5.25. The van der Waals surface area contributed by atoms with Gasteiger partial charge in [0.2, 0.25) is 0 Å². The summed E-state index contributed by atoms with van der Waals surface area (Å²) in [5, 5.41) is 3.49. The van der Waals surface area contributed by atoms with E-state index in [1.807, 2.05) is 13.1 Å². The molecule has 1 aliphatic rings. The molecule has 0 spiro atoms. The van der Waals surface area contributed by atoms with Gasteiger partial charge in [-0.3, -0.25) is 4.57 Å². The van der Waals surface area contributed by atoms with Gasteiger partial charge in [0, 0.05) is 31.5 Å². The van der Waals surface area contributed by atoms with Crippen molar-refractivity contribution in [2.45, 2.75) is 45.2 Å². The van der Waals surface area contributed by atoms with Crippen molar-refractivity contribution in [3.05, 3.63) is 28.4 Å². The molecule has 4 heteroatoms. The van der Waals surface area contributed by atoms with Crippen LogP contribution in [0.15, 0.2) is 17.2 Å². The molecular formula is C12H19N3O. The van der Waals surface area contributed by atoms with E-state index in [0.29, 0.717) is 12.6 Å². The summed E-state index contributed by atoms with van der Waals surface area (Å²) >= 11 is 0. The Labute approximate surface area is 95.7 Å². The molecule has 0 amide bonds. The Morgan fingerprint density at radius 2 is 2.25 bits per heavy atom. The Kier molecular flexibility index (Phi) is 3.72. The molecule has 16 heavy (non-hydrogen) atoms. The van der Waals surface area contributed by atoms with Gasteiger partial charge in [-0.25, -0.2) is 9.78 Å². The van der Waals surface area contributed by atoms with E-state index >= 15 is 0 Å². The monoisotopic (exact) mass is 221 g/mol. The number of aromatic nitrogens is 2. The topological polar surface area (TPSA) is 46.9 Å². The summed E-state index contributed by atoms with van der Waals surface area (Å²) in [6.07, 6.45) is 8.71. The van der Waals surface area contributed by atoms with E-state index in [4.69, 9.17) is 0 Å². The third-order valence-corrected chi connectivity index (χ3v) is 3.12. The van der Waals surface area contributed by atoms with Crippen molar-refractivity contribution in [2.24, 2.45) is 0 Å². The van der Waals surface area contributed by atoms with E-state index < -0.39 is 0 Å². The van der Waals surface area contributed by atoms with Gasteiger partial charge in [-0.1, -0.05) is 12.8 Å². The number of rotatable bonds is 4. The standard InChI is InChI=1S/C12H19N3O/c1-10-8-14-12(16)15(9-10)7-6-13-11-4-2-3-5-11/h8-9,11,13H,2-7H2,1H3. The highest BCUT2D eigenvalue weighted by atomic mass is 16.1. The molecule has 0 saturated heterocycles. The van der Waals surface area contributed by atoms with Crippen molar-refractivity contribution in [3.8, 4) is 0 Å². The second-order valence-corrected chi connectivity index (χ2v) is 4.54. The second-order valence-electron chi connectivity index (χ2n) is 4.54. The first kappa shape index (κ1) is 11.3. The fraction of sp³-hybridized carbons (Fsp3) is 0.667. The van der Waals surface area contributed by atoms with E-state index in [-0.39, 0.29) is 5.69 Å². The zero-order valence-electron chi connectivity index (χ0n) is 9.78. The van der Waals surface area contributed by atoms with Crippen LogP contribution >= 0.6 is 0 Å². The molecule has 0 atom stereocenters. The van der Waals surface area contributed by atoms with Crippen LogP contribution in [0.1, 0.15) is 31.2 Å².